The number of aromatic nitrogens is 2. The van der Waals surface area contributed by atoms with E-state index in [9.17, 15) is 0 Å². The molecule has 0 unspecified atom stereocenters. The molecule has 2 nitrogen and oxygen atoms in total. The minimum absolute atomic E-state index is 0.709. The Kier molecular flexibility index (Phi) is 2.05. The SMILES string of the molecule is CC(C)Cc1ccc2nccn2c1. The lowest BCUT2D eigenvalue weighted by Crippen LogP contribution is -1.95. The summed E-state index contributed by atoms with van der Waals surface area (Å²) in [6.45, 7) is 4.47. The van der Waals surface area contributed by atoms with Crippen LogP contribution in [0.3, 0.4) is 0 Å². The number of rotatable bonds is 2. The van der Waals surface area contributed by atoms with E-state index in [0.717, 1.165) is 12.1 Å². The summed E-state index contributed by atoms with van der Waals surface area (Å²) in [6, 6.07) is 4.22. The monoisotopic (exact) mass is 174 g/mol. The van der Waals surface area contributed by atoms with Crippen LogP contribution in [0.5, 0.6) is 0 Å². The molecule has 0 aromatic carbocycles. The molecule has 0 saturated carbocycles. The molecule has 2 heteroatoms. The molecule has 0 radical (unpaired) electrons. The van der Waals surface area contributed by atoms with Gasteiger partial charge in [0, 0.05) is 18.6 Å². The third-order valence-corrected chi connectivity index (χ3v) is 2.09. The van der Waals surface area contributed by atoms with Crippen LogP contribution in [-0.2, 0) is 6.42 Å². The van der Waals surface area contributed by atoms with Crippen molar-refractivity contribution in [2.75, 3.05) is 0 Å². The Morgan fingerprint density at radius 2 is 2.23 bits per heavy atom. The fourth-order valence-corrected chi connectivity index (χ4v) is 1.56. The van der Waals surface area contributed by atoms with Gasteiger partial charge in [-0.25, -0.2) is 4.98 Å². The van der Waals surface area contributed by atoms with Gasteiger partial charge in [0.15, 0.2) is 0 Å². The highest BCUT2D eigenvalue weighted by atomic mass is 15.0. The zero-order valence-corrected chi connectivity index (χ0v) is 8.07. The van der Waals surface area contributed by atoms with Crippen molar-refractivity contribution >= 4 is 5.65 Å². The Morgan fingerprint density at radius 3 is 3.00 bits per heavy atom. The van der Waals surface area contributed by atoms with Gasteiger partial charge in [0.05, 0.1) is 0 Å². The third kappa shape index (κ3) is 1.72. The minimum atomic E-state index is 0.709. The maximum Gasteiger partial charge on any atom is 0.136 e. The Bertz CT molecular complexity index is 401. The first kappa shape index (κ1) is 8.30. The van der Waals surface area contributed by atoms with E-state index in [1.165, 1.54) is 5.56 Å². The molecule has 0 fully saturated rings. The van der Waals surface area contributed by atoms with Crippen molar-refractivity contribution in [2.24, 2.45) is 5.92 Å². The van der Waals surface area contributed by atoms with Gasteiger partial charge in [-0.15, -0.1) is 0 Å². The van der Waals surface area contributed by atoms with Crippen LogP contribution in [0.25, 0.3) is 5.65 Å². The van der Waals surface area contributed by atoms with Crippen molar-refractivity contribution in [1.29, 1.82) is 0 Å². The number of nitrogens with zero attached hydrogens (tertiary/aromatic N) is 2. The lowest BCUT2D eigenvalue weighted by molar-refractivity contribution is 0.645. The Labute approximate surface area is 78.2 Å². The summed E-state index contributed by atoms with van der Waals surface area (Å²) in [6.07, 6.45) is 7.10. The highest BCUT2D eigenvalue weighted by Gasteiger charge is 1.99. The third-order valence-electron chi connectivity index (χ3n) is 2.09. The van der Waals surface area contributed by atoms with E-state index in [1.54, 1.807) is 0 Å². The summed E-state index contributed by atoms with van der Waals surface area (Å²) in [4.78, 5) is 4.20. The fraction of sp³-hybridized carbons (Fsp3) is 0.364. The second-order valence-corrected chi connectivity index (χ2v) is 3.83. The predicted molar refractivity (Wildman–Crippen MR) is 53.7 cm³/mol. The zero-order valence-electron chi connectivity index (χ0n) is 8.07. The Hall–Kier alpha value is -1.31. The smallest absolute Gasteiger partial charge is 0.136 e. The molecule has 2 aromatic heterocycles. The van der Waals surface area contributed by atoms with Crippen molar-refractivity contribution in [3.63, 3.8) is 0 Å². The molecule has 2 aromatic rings. The van der Waals surface area contributed by atoms with Gasteiger partial charge in [0.1, 0.15) is 5.65 Å². The van der Waals surface area contributed by atoms with Crippen molar-refractivity contribution in [2.45, 2.75) is 20.3 Å². The van der Waals surface area contributed by atoms with E-state index in [2.05, 4.69) is 41.6 Å². The summed E-state index contributed by atoms with van der Waals surface area (Å²) >= 11 is 0. The molecule has 0 spiro atoms. The first-order valence-electron chi connectivity index (χ1n) is 4.67. The van der Waals surface area contributed by atoms with Gasteiger partial charge in [0.2, 0.25) is 0 Å². The lowest BCUT2D eigenvalue weighted by atomic mass is 10.1. The molecule has 0 amide bonds. The number of pyridine rings is 1. The summed E-state index contributed by atoms with van der Waals surface area (Å²) < 4.78 is 2.07. The second-order valence-electron chi connectivity index (χ2n) is 3.83. The van der Waals surface area contributed by atoms with Gasteiger partial charge in [0.25, 0.3) is 0 Å². The largest absolute Gasteiger partial charge is 0.307 e. The van der Waals surface area contributed by atoms with Crippen LogP contribution in [0.1, 0.15) is 19.4 Å². The normalized spacial score (nSPS) is 11.3. The summed E-state index contributed by atoms with van der Waals surface area (Å²) in [5.74, 6) is 0.709. The van der Waals surface area contributed by atoms with E-state index in [1.807, 2.05) is 12.4 Å². The molecule has 0 aliphatic carbocycles. The number of imidazole rings is 1. The number of fused-ring (bicyclic) bond motifs is 1. The summed E-state index contributed by atoms with van der Waals surface area (Å²) in [7, 11) is 0. The van der Waals surface area contributed by atoms with Crippen molar-refractivity contribution < 1.29 is 0 Å². The molecule has 0 atom stereocenters. The van der Waals surface area contributed by atoms with E-state index in [-0.39, 0.29) is 0 Å². The van der Waals surface area contributed by atoms with Gasteiger partial charge >= 0.3 is 0 Å². The van der Waals surface area contributed by atoms with Gasteiger partial charge in [-0.1, -0.05) is 19.9 Å². The van der Waals surface area contributed by atoms with Crippen molar-refractivity contribution in [3.05, 3.63) is 36.3 Å². The lowest BCUT2D eigenvalue weighted by Gasteiger charge is -2.04. The van der Waals surface area contributed by atoms with Gasteiger partial charge < -0.3 is 4.40 Å². The van der Waals surface area contributed by atoms with E-state index >= 15 is 0 Å². The van der Waals surface area contributed by atoms with E-state index < -0.39 is 0 Å². The van der Waals surface area contributed by atoms with E-state index in [0.29, 0.717) is 5.92 Å². The molecular formula is C11H14N2. The van der Waals surface area contributed by atoms with Crippen molar-refractivity contribution in [1.82, 2.24) is 9.38 Å². The van der Waals surface area contributed by atoms with Gasteiger partial charge in [-0.3, -0.25) is 0 Å². The standard InChI is InChI=1S/C11H14N2/c1-9(2)7-10-3-4-11-12-5-6-13(11)8-10/h3-6,8-9H,7H2,1-2H3. The van der Waals surface area contributed by atoms with E-state index in [4.69, 9.17) is 0 Å². The second kappa shape index (κ2) is 3.21. The molecule has 0 bridgehead atoms. The maximum absolute atomic E-state index is 4.20. The van der Waals surface area contributed by atoms with Gasteiger partial charge in [-0.05, 0) is 24.0 Å². The Balaban J connectivity index is 2.37. The Morgan fingerprint density at radius 1 is 1.38 bits per heavy atom. The van der Waals surface area contributed by atoms with Crippen LogP contribution in [0.2, 0.25) is 0 Å². The van der Waals surface area contributed by atoms with Crippen LogP contribution in [-0.4, -0.2) is 9.38 Å². The quantitative estimate of drug-likeness (QED) is 0.684. The first-order chi connectivity index (χ1) is 6.25. The number of hydrogen-bond donors (Lipinski definition) is 0. The van der Waals surface area contributed by atoms with Crippen LogP contribution < -0.4 is 0 Å². The van der Waals surface area contributed by atoms with Crippen LogP contribution in [0, 0.1) is 5.92 Å². The molecule has 68 valence electrons. The van der Waals surface area contributed by atoms with Crippen LogP contribution in [0.15, 0.2) is 30.7 Å². The zero-order chi connectivity index (χ0) is 9.26. The molecule has 13 heavy (non-hydrogen) atoms. The molecule has 0 saturated heterocycles. The molecule has 2 rings (SSSR count). The number of hydrogen-bond acceptors (Lipinski definition) is 1. The average molecular weight is 174 g/mol. The van der Waals surface area contributed by atoms with Gasteiger partial charge in [-0.2, -0.15) is 0 Å². The fourth-order valence-electron chi connectivity index (χ4n) is 1.56. The summed E-state index contributed by atoms with van der Waals surface area (Å²) in [5, 5.41) is 0. The molecule has 2 heterocycles. The highest BCUT2D eigenvalue weighted by Crippen LogP contribution is 2.09. The predicted octanol–water partition coefficient (Wildman–Crippen LogP) is 2.53. The topological polar surface area (TPSA) is 17.3 Å². The molecular weight excluding hydrogens is 160 g/mol. The van der Waals surface area contributed by atoms with Crippen molar-refractivity contribution in [3.8, 4) is 0 Å². The minimum Gasteiger partial charge on any atom is -0.307 e. The average Bonchev–Trinajstić information content (AvgIpc) is 2.49. The molecule has 0 aliphatic heterocycles. The van der Waals surface area contributed by atoms with Crippen LogP contribution in [0.4, 0.5) is 0 Å². The van der Waals surface area contributed by atoms with Crippen LogP contribution >= 0.6 is 0 Å². The maximum atomic E-state index is 4.20. The molecule has 0 N–H and O–H groups in total. The first-order valence-corrected chi connectivity index (χ1v) is 4.67. The summed E-state index contributed by atoms with van der Waals surface area (Å²) in [5.41, 5.74) is 2.40. The molecule has 0 aliphatic rings. The highest BCUT2D eigenvalue weighted by molar-refractivity contribution is 5.39.